The van der Waals surface area contributed by atoms with Gasteiger partial charge in [-0.3, -0.25) is 4.79 Å². The minimum absolute atomic E-state index is 0.0253. The number of carbonyl (C=O) groups is 1. The first-order chi connectivity index (χ1) is 10.1. The number of carbonyl (C=O) groups excluding carboxylic acids is 1. The number of hydrogen-bond donors (Lipinski definition) is 1. The van der Waals surface area contributed by atoms with Crippen molar-refractivity contribution in [2.75, 3.05) is 5.73 Å². The normalized spacial score (nSPS) is 14.2. The second-order valence-corrected chi connectivity index (χ2v) is 6.13. The molecule has 2 aromatic rings. The van der Waals surface area contributed by atoms with Crippen LogP contribution in [0.1, 0.15) is 28.1 Å². The lowest BCUT2D eigenvalue weighted by Gasteiger charge is -2.22. The number of rotatable bonds is 4. The Morgan fingerprint density at radius 2 is 2.05 bits per heavy atom. The van der Waals surface area contributed by atoms with Crippen molar-refractivity contribution >= 4 is 22.9 Å². The highest BCUT2D eigenvalue weighted by molar-refractivity contribution is 7.09. The molecule has 1 aliphatic carbocycles. The van der Waals surface area contributed by atoms with Crippen LogP contribution >= 0.6 is 11.3 Å². The van der Waals surface area contributed by atoms with Gasteiger partial charge in [-0.1, -0.05) is 6.07 Å². The first-order valence-corrected chi connectivity index (χ1v) is 7.52. The van der Waals surface area contributed by atoms with Crippen molar-refractivity contribution in [1.29, 1.82) is 0 Å². The average molecular weight is 308 g/mol. The van der Waals surface area contributed by atoms with Crippen LogP contribution in [-0.2, 0) is 6.54 Å². The topological polar surface area (TPSA) is 46.3 Å². The van der Waals surface area contributed by atoms with Crippen LogP contribution < -0.4 is 5.73 Å². The van der Waals surface area contributed by atoms with Gasteiger partial charge >= 0.3 is 0 Å². The quantitative estimate of drug-likeness (QED) is 0.880. The molecule has 0 aliphatic heterocycles. The predicted molar refractivity (Wildman–Crippen MR) is 78.0 cm³/mol. The monoisotopic (exact) mass is 308 g/mol. The molecule has 0 saturated heterocycles. The average Bonchev–Trinajstić information content (AvgIpc) is 3.16. The number of nitrogens with zero attached hydrogens (tertiary/aromatic N) is 1. The number of benzene rings is 1. The fraction of sp³-hybridized carbons (Fsp3) is 0.267. The summed E-state index contributed by atoms with van der Waals surface area (Å²) in [5.74, 6) is -2.44. The summed E-state index contributed by atoms with van der Waals surface area (Å²) >= 11 is 1.56. The zero-order valence-electron chi connectivity index (χ0n) is 11.2. The van der Waals surface area contributed by atoms with Gasteiger partial charge in [0.1, 0.15) is 0 Å². The standard InChI is InChI=1S/C15H14F2N2OS/c16-12-6-11(14(18)7-13(12)17)15(20)19(9-3-4-9)8-10-2-1-5-21-10/h1-2,5-7,9H,3-4,8,18H2. The fourth-order valence-corrected chi connectivity index (χ4v) is 2.93. The molecule has 1 aromatic heterocycles. The second kappa shape index (κ2) is 5.44. The third-order valence-electron chi connectivity index (χ3n) is 3.48. The number of anilines is 1. The number of halogens is 2. The van der Waals surface area contributed by atoms with Crippen LogP contribution in [0, 0.1) is 11.6 Å². The van der Waals surface area contributed by atoms with Gasteiger partial charge in [-0.15, -0.1) is 11.3 Å². The van der Waals surface area contributed by atoms with E-state index >= 15 is 0 Å². The minimum atomic E-state index is -1.06. The Hall–Kier alpha value is -1.95. The molecule has 21 heavy (non-hydrogen) atoms. The van der Waals surface area contributed by atoms with E-state index in [1.165, 1.54) is 0 Å². The SMILES string of the molecule is Nc1cc(F)c(F)cc1C(=O)N(Cc1cccs1)C1CC1. The number of thiophene rings is 1. The van der Waals surface area contributed by atoms with Crippen LogP contribution in [0.25, 0.3) is 0 Å². The highest BCUT2D eigenvalue weighted by Gasteiger charge is 2.34. The Kier molecular flexibility index (Phi) is 3.63. The summed E-state index contributed by atoms with van der Waals surface area (Å²) in [6.07, 6.45) is 1.86. The highest BCUT2D eigenvalue weighted by atomic mass is 32.1. The Morgan fingerprint density at radius 3 is 2.67 bits per heavy atom. The van der Waals surface area contributed by atoms with E-state index in [-0.39, 0.29) is 23.2 Å². The molecule has 0 spiro atoms. The van der Waals surface area contributed by atoms with Gasteiger partial charge in [0.05, 0.1) is 12.1 Å². The fourth-order valence-electron chi connectivity index (χ4n) is 2.23. The van der Waals surface area contributed by atoms with E-state index in [1.54, 1.807) is 16.2 Å². The number of hydrogen-bond acceptors (Lipinski definition) is 3. The molecule has 3 rings (SSSR count). The van der Waals surface area contributed by atoms with Crippen LogP contribution in [0.5, 0.6) is 0 Å². The molecule has 1 saturated carbocycles. The molecule has 110 valence electrons. The van der Waals surface area contributed by atoms with Gasteiger partial charge in [0.2, 0.25) is 0 Å². The smallest absolute Gasteiger partial charge is 0.256 e. The first-order valence-electron chi connectivity index (χ1n) is 6.64. The Labute approximate surface area is 125 Å². The van der Waals surface area contributed by atoms with Crippen molar-refractivity contribution in [1.82, 2.24) is 4.90 Å². The highest BCUT2D eigenvalue weighted by Crippen LogP contribution is 2.32. The summed E-state index contributed by atoms with van der Waals surface area (Å²) in [5.41, 5.74) is 5.66. The minimum Gasteiger partial charge on any atom is -0.398 e. The molecule has 1 aromatic carbocycles. The molecule has 0 radical (unpaired) electrons. The van der Waals surface area contributed by atoms with Crippen molar-refractivity contribution in [2.24, 2.45) is 0 Å². The van der Waals surface area contributed by atoms with Crippen molar-refractivity contribution in [3.05, 3.63) is 51.7 Å². The lowest BCUT2D eigenvalue weighted by Crippen LogP contribution is -2.33. The summed E-state index contributed by atoms with van der Waals surface area (Å²) in [5, 5.41) is 1.94. The van der Waals surface area contributed by atoms with Crippen molar-refractivity contribution in [2.45, 2.75) is 25.4 Å². The molecule has 0 unspecified atom stereocenters. The van der Waals surface area contributed by atoms with Crippen molar-refractivity contribution in [3.8, 4) is 0 Å². The van der Waals surface area contributed by atoms with Gasteiger partial charge in [-0.05, 0) is 30.4 Å². The third-order valence-corrected chi connectivity index (χ3v) is 4.34. The molecule has 3 nitrogen and oxygen atoms in total. The van der Waals surface area contributed by atoms with Crippen molar-refractivity contribution < 1.29 is 13.6 Å². The molecule has 1 heterocycles. The number of nitrogen functional groups attached to an aromatic ring is 1. The van der Waals surface area contributed by atoms with Crippen LogP contribution in [0.3, 0.4) is 0 Å². The van der Waals surface area contributed by atoms with Gasteiger partial charge in [0, 0.05) is 22.7 Å². The summed E-state index contributed by atoms with van der Waals surface area (Å²) < 4.78 is 26.5. The predicted octanol–water partition coefficient (Wildman–Crippen LogP) is 3.41. The Morgan fingerprint density at radius 1 is 1.33 bits per heavy atom. The maximum atomic E-state index is 13.4. The molecule has 1 aliphatic rings. The van der Waals surface area contributed by atoms with E-state index in [4.69, 9.17) is 5.73 Å². The van der Waals surface area contributed by atoms with E-state index in [0.717, 1.165) is 29.9 Å². The van der Waals surface area contributed by atoms with Crippen LogP contribution in [0.15, 0.2) is 29.6 Å². The third kappa shape index (κ3) is 2.90. The molecule has 1 fully saturated rings. The summed E-state index contributed by atoms with van der Waals surface area (Å²) in [7, 11) is 0. The zero-order chi connectivity index (χ0) is 15.0. The summed E-state index contributed by atoms with van der Waals surface area (Å²) in [6, 6.07) is 5.77. The number of amides is 1. The lowest BCUT2D eigenvalue weighted by molar-refractivity contribution is 0.0732. The van der Waals surface area contributed by atoms with Gasteiger partial charge in [-0.25, -0.2) is 8.78 Å². The van der Waals surface area contributed by atoms with Gasteiger partial charge in [-0.2, -0.15) is 0 Å². The van der Waals surface area contributed by atoms with Gasteiger partial charge < -0.3 is 10.6 Å². The van der Waals surface area contributed by atoms with E-state index in [1.807, 2.05) is 17.5 Å². The molecule has 6 heteroatoms. The van der Waals surface area contributed by atoms with Gasteiger partial charge in [0.25, 0.3) is 5.91 Å². The van der Waals surface area contributed by atoms with Gasteiger partial charge in [0.15, 0.2) is 11.6 Å². The van der Waals surface area contributed by atoms with E-state index in [9.17, 15) is 13.6 Å². The zero-order valence-corrected chi connectivity index (χ0v) is 12.0. The first kappa shape index (κ1) is 14.0. The summed E-state index contributed by atoms with van der Waals surface area (Å²) in [4.78, 5) is 15.3. The van der Waals surface area contributed by atoms with E-state index in [0.29, 0.717) is 6.54 Å². The molecular formula is C15H14F2N2OS. The van der Waals surface area contributed by atoms with Crippen LogP contribution in [0.4, 0.5) is 14.5 Å². The second-order valence-electron chi connectivity index (χ2n) is 5.10. The van der Waals surface area contributed by atoms with Crippen LogP contribution in [-0.4, -0.2) is 16.8 Å². The van der Waals surface area contributed by atoms with E-state index in [2.05, 4.69) is 0 Å². The Balaban J connectivity index is 1.89. The molecule has 0 bridgehead atoms. The molecular weight excluding hydrogens is 294 g/mol. The van der Waals surface area contributed by atoms with E-state index < -0.39 is 11.6 Å². The van der Waals surface area contributed by atoms with Crippen LogP contribution in [0.2, 0.25) is 0 Å². The lowest BCUT2D eigenvalue weighted by atomic mass is 10.1. The largest absolute Gasteiger partial charge is 0.398 e. The number of nitrogens with two attached hydrogens (primary N) is 1. The maximum Gasteiger partial charge on any atom is 0.256 e. The molecule has 2 N–H and O–H groups in total. The molecule has 1 amide bonds. The maximum absolute atomic E-state index is 13.4. The summed E-state index contributed by atoms with van der Waals surface area (Å²) in [6.45, 7) is 0.472. The molecule has 0 atom stereocenters. The Bertz CT molecular complexity index is 669. The van der Waals surface area contributed by atoms with Crippen molar-refractivity contribution in [3.63, 3.8) is 0 Å².